The van der Waals surface area contributed by atoms with E-state index in [2.05, 4.69) is 32.0 Å². The molecule has 0 saturated carbocycles. The molecule has 2 heteroatoms. The molecule has 0 amide bonds. The van der Waals surface area contributed by atoms with Gasteiger partial charge in [-0.3, -0.25) is 0 Å². The third kappa shape index (κ3) is 2.28. The molecule has 1 atom stereocenters. The van der Waals surface area contributed by atoms with Gasteiger partial charge in [-0.15, -0.1) is 0 Å². The van der Waals surface area contributed by atoms with Crippen LogP contribution < -0.4 is 5.73 Å². The molecule has 2 nitrogen and oxygen atoms in total. The molecule has 1 fully saturated rings. The Morgan fingerprint density at radius 1 is 1.38 bits per heavy atom. The van der Waals surface area contributed by atoms with Gasteiger partial charge in [-0.2, -0.15) is 0 Å². The van der Waals surface area contributed by atoms with Gasteiger partial charge in [0.25, 0.3) is 0 Å². The minimum Gasteiger partial charge on any atom is -0.381 e. The van der Waals surface area contributed by atoms with E-state index in [0.29, 0.717) is 0 Å². The Hall–Kier alpha value is -0.860. The Kier molecular flexibility index (Phi) is 3.31. The molecule has 2 N–H and O–H groups in total. The molecule has 1 aliphatic heterocycles. The van der Waals surface area contributed by atoms with Crippen molar-refractivity contribution in [2.45, 2.75) is 26.7 Å². The van der Waals surface area contributed by atoms with Gasteiger partial charge < -0.3 is 10.5 Å². The molecular weight excluding hydrogens is 198 g/mol. The van der Waals surface area contributed by atoms with E-state index in [0.717, 1.165) is 32.6 Å². The van der Waals surface area contributed by atoms with E-state index in [1.807, 2.05) is 0 Å². The fourth-order valence-electron chi connectivity index (χ4n) is 2.42. The average molecular weight is 219 g/mol. The Balaban J connectivity index is 2.21. The van der Waals surface area contributed by atoms with Crippen LogP contribution in [0.15, 0.2) is 18.2 Å². The fourth-order valence-corrected chi connectivity index (χ4v) is 2.42. The summed E-state index contributed by atoms with van der Waals surface area (Å²) < 4.78 is 5.51. The first-order chi connectivity index (χ1) is 7.65. The molecule has 1 aliphatic rings. The Labute approximate surface area is 97.8 Å². The van der Waals surface area contributed by atoms with Crippen LogP contribution in [0.4, 0.5) is 0 Å². The lowest BCUT2D eigenvalue weighted by atomic mass is 9.80. The number of hydrogen-bond acceptors (Lipinski definition) is 2. The topological polar surface area (TPSA) is 35.2 Å². The number of rotatable bonds is 3. The first-order valence-corrected chi connectivity index (χ1v) is 5.99. The van der Waals surface area contributed by atoms with E-state index in [9.17, 15) is 0 Å². The Bertz CT molecular complexity index is 367. The largest absolute Gasteiger partial charge is 0.381 e. The van der Waals surface area contributed by atoms with Crippen molar-refractivity contribution in [3.05, 3.63) is 34.9 Å². The molecule has 1 aromatic rings. The summed E-state index contributed by atoms with van der Waals surface area (Å²) in [6.07, 6.45) is 2.15. The zero-order valence-corrected chi connectivity index (χ0v) is 10.3. The molecule has 0 aromatic heterocycles. The molecule has 88 valence electrons. The molecule has 16 heavy (non-hydrogen) atoms. The molecule has 1 saturated heterocycles. The molecule has 1 heterocycles. The van der Waals surface area contributed by atoms with Crippen LogP contribution in [-0.2, 0) is 11.2 Å². The standard InChI is InChI=1S/C14H21NO/c1-11-3-4-12(2)13(7-11)8-14(9-15)5-6-16-10-14/h3-4,7H,5-6,8-10,15H2,1-2H3. The van der Waals surface area contributed by atoms with Gasteiger partial charge in [0.2, 0.25) is 0 Å². The van der Waals surface area contributed by atoms with Crippen molar-refractivity contribution in [3.8, 4) is 0 Å². The molecule has 0 radical (unpaired) electrons. The minimum absolute atomic E-state index is 0.179. The summed E-state index contributed by atoms with van der Waals surface area (Å²) in [4.78, 5) is 0. The normalized spacial score (nSPS) is 24.9. The van der Waals surface area contributed by atoms with Crippen molar-refractivity contribution in [1.82, 2.24) is 0 Å². The molecule has 2 rings (SSSR count). The first kappa shape index (κ1) is 11.6. The summed E-state index contributed by atoms with van der Waals surface area (Å²) in [6, 6.07) is 6.65. The maximum absolute atomic E-state index is 5.92. The number of hydrogen-bond donors (Lipinski definition) is 1. The highest BCUT2D eigenvalue weighted by Crippen LogP contribution is 2.32. The van der Waals surface area contributed by atoms with Gasteiger partial charge >= 0.3 is 0 Å². The molecule has 0 spiro atoms. The van der Waals surface area contributed by atoms with Gasteiger partial charge in [0.15, 0.2) is 0 Å². The maximum Gasteiger partial charge on any atom is 0.0538 e. The van der Waals surface area contributed by atoms with Gasteiger partial charge in [0.1, 0.15) is 0 Å². The highest BCUT2D eigenvalue weighted by molar-refractivity contribution is 5.31. The van der Waals surface area contributed by atoms with E-state index >= 15 is 0 Å². The van der Waals surface area contributed by atoms with Gasteiger partial charge in [0, 0.05) is 18.6 Å². The lowest BCUT2D eigenvalue weighted by molar-refractivity contribution is 0.154. The summed E-state index contributed by atoms with van der Waals surface area (Å²) in [5.41, 5.74) is 10.2. The van der Waals surface area contributed by atoms with E-state index in [1.54, 1.807) is 0 Å². The van der Waals surface area contributed by atoms with Crippen molar-refractivity contribution >= 4 is 0 Å². The van der Waals surface area contributed by atoms with Gasteiger partial charge in [0.05, 0.1) is 6.61 Å². The van der Waals surface area contributed by atoms with Crippen LogP contribution in [-0.4, -0.2) is 19.8 Å². The molecule has 1 aromatic carbocycles. The zero-order valence-electron chi connectivity index (χ0n) is 10.3. The van der Waals surface area contributed by atoms with Crippen molar-refractivity contribution in [2.75, 3.05) is 19.8 Å². The summed E-state index contributed by atoms with van der Waals surface area (Å²) in [7, 11) is 0. The van der Waals surface area contributed by atoms with Crippen molar-refractivity contribution in [1.29, 1.82) is 0 Å². The van der Waals surface area contributed by atoms with Crippen LogP contribution in [0.3, 0.4) is 0 Å². The second-order valence-electron chi connectivity index (χ2n) is 5.11. The van der Waals surface area contributed by atoms with Gasteiger partial charge in [-0.25, -0.2) is 0 Å². The van der Waals surface area contributed by atoms with E-state index in [1.165, 1.54) is 16.7 Å². The van der Waals surface area contributed by atoms with Gasteiger partial charge in [-0.05, 0) is 37.8 Å². The van der Waals surface area contributed by atoms with Crippen molar-refractivity contribution in [3.63, 3.8) is 0 Å². The number of aryl methyl sites for hydroxylation is 2. The van der Waals surface area contributed by atoms with Crippen molar-refractivity contribution in [2.24, 2.45) is 11.1 Å². The highest BCUT2D eigenvalue weighted by Gasteiger charge is 2.33. The third-order valence-electron chi connectivity index (χ3n) is 3.69. The second-order valence-corrected chi connectivity index (χ2v) is 5.11. The minimum atomic E-state index is 0.179. The van der Waals surface area contributed by atoms with Crippen LogP contribution in [0, 0.1) is 19.3 Å². The van der Waals surface area contributed by atoms with Crippen molar-refractivity contribution < 1.29 is 4.74 Å². The Morgan fingerprint density at radius 2 is 2.19 bits per heavy atom. The lowest BCUT2D eigenvalue weighted by Gasteiger charge is -2.26. The second kappa shape index (κ2) is 4.56. The SMILES string of the molecule is Cc1ccc(C)c(CC2(CN)CCOC2)c1. The monoisotopic (exact) mass is 219 g/mol. The zero-order chi connectivity index (χ0) is 11.6. The lowest BCUT2D eigenvalue weighted by Crippen LogP contribution is -2.33. The first-order valence-electron chi connectivity index (χ1n) is 5.99. The van der Waals surface area contributed by atoms with Crippen LogP contribution >= 0.6 is 0 Å². The van der Waals surface area contributed by atoms with Crippen LogP contribution in [0.25, 0.3) is 0 Å². The number of ether oxygens (including phenoxy) is 1. The predicted octanol–water partition coefficient (Wildman–Crippen LogP) is 2.21. The van der Waals surface area contributed by atoms with E-state index < -0.39 is 0 Å². The highest BCUT2D eigenvalue weighted by atomic mass is 16.5. The number of benzene rings is 1. The summed E-state index contributed by atoms with van der Waals surface area (Å²) in [5.74, 6) is 0. The molecular formula is C14H21NO. The molecule has 0 bridgehead atoms. The summed E-state index contributed by atoms with van der Waals surface area (Å²) >= 11 is 0. The molecule has 1 unspecified atom stereocenters. The predicted molar refractivity (Wildman–Crippen MR) is 66.5 cm³/mol. The van der Waals surface area contributed by atoms with E-state index in [-0.39, 0.29) is 5.41 Å². The van der Waals surface area contributed by atoms with Crippen LogP contribution in [0.5, 0.6) is 0 Å². The van der Waals surface area contributed by atoms with Crippen LogP contribution in [0.2, 0.25) is 0 Å². The quantitative estimate of drug-likeness (QED) is 0.846. The molecule has 0 aliphatic carbocycles. The fraction of sp³-hybridized carbons (Fsp3) is 0.571. The smallest absolute Gasteiger partial charge is 0.0538 e. The van der Waals surface area contributed by atoms with Gasteiger partial charge in [-0.1, -0.05) is 23.8 Å². The third-order valence-corrected chi connectivity index (χ3v) is 3.69. The maximum atomic E-state index is 5.92. The summed E-state index contributed by atoms with van der Waals surface area (Å²) in [6.45, 7) is 6.72. The van der Waals surface area contributed by atoms with E-state index in [4.69, 9.17) is 10.5 Å². The number of nitrogens with two attached hydrogens (primary N) is 1. The van der Waals surface area contributed by atoms with Crippen LogP contribution in [0.1, 0.15) is 23.1 Å². The summed E-state index contributed by atoms with van der Waals surface area (Å²) in [5, 5.41) is 0. The Morgan fingerprint density at radius 3 is 2.81 bits per heavy atom. The average Bonchev–Trinajstić information content (AvgIpc) is 2.73.